The van der Waals surface area contributed by atoms with Gasteiger partial charge in [0.1, 0.15) is 10.6 Å². The molecule has 1 aromatic rings. The zero-order chi connectivity index (χ0) is 23.6. The van der Waals surface area contributed by atoms with E-state index in [2.05, 4.69) is 23.6 Å². The number of fused-ring (bicyclic) bond motifs is 1. The molecule has 2 aliphatic heterocycles. The normalized spacial score (nSPS) is 11.8. The molecule has 0 saturated heterocycles. The van der Waals surface area contributed by atoms with Gasteiger partial charge in [-0.25, -0.2) is 18.0 Å². The molecule has 0 spiro atoms. The Morgan fingerprint density at radius 1 is 1.28 bits per heavy atom. The van der Waals surface area contributed by atoms with Crippen LogP contribution in [0.4, 0.5) is 5.82 Å². The highest BCUT2D eigenvalue weighted by molar-refractivity contribution is 8.01. The molecule has 0 bridgehead atoms. The molecule has 0 saturated carbocycles. The van der Waals surface area contributed by atoms with Crippen molar-refractivity contribution in [1.82, 2.24) is 9.55 Å². The van der Waals surface area contributed by atoms with Gasteiger partial charge in [0, 0.05) is 10.6 Å². The number of nitrogens with one attached hydrogen (secondary N) is 1. The third kappa shape index (κ3) is 4.84. The van der Waals surface area contributed by atoms with E-state index in [4.69, 9.17) is 4.74 Å². The molecule has 0 atom stereocenters. The van der Waals surface area contributed by atoms with Crippen LogP contribution in [-0.4, -0.2) is 36.8 Å². The Kier molecular flexibility index (Phi) is 7.31. The van der Waals surface area contributed by atoms with E-state index in [1.165, 1.54) is 41.2 Å². The number of anilines is 1. The first kappa shape index (κ1) is 24.3. The number of esters is 1. The Hall–Kier alpha value is -2.37. The number of hydrogen-bond acceptors (Lipinski definition) is 8. The smallest absolute Gasteiger partial charge is 0.354 e. The molecule has 172 valence electrons. The highest BCUT2D eigenvalue weighted by atomic mass is 32.2. The molecule has 0 radical (unpaired) electrons. The van der Waals surface area contributed by atoms with Crippen LogP contribution in [0.1, 0.15) is 41.2 Å². The molecule has 32 heavy (non-hydrogen) atoms. The van der Waals surface area contributed by atoms with Gasteiger partial charge in [-0.2, -0.15) is 4.98 Å². The van der Waals surface area contributed by atoms with E-state index in [0.717, 1.165) is 21.3 Å². The number of methoxy groups -OCH3 is 1. The van der Waals surface area contributed by atoms with Crippen LogP contribution in [0, 0.1) is 19.8 Å². The number of carbonyl (C=O) groups excluding carboxylic acids is 1. The summed E-state index contributed by atoms with van der Waals surface area (Å²) in [5, 5.41) is 0. The lowest BCUT2D eigenvalue weighted by molar-refractivity contribution is 0.0596. The largest absolute Gasteiger partial charge is 0.465 e. The van der Waals surface area contributed by atoms with Crippen LogP contribution in [0.15, 0.2) is 38.2 Å². The van der Waals surface area contributed by atoms with Crippen molar-refractivity contribution >= 4 is 44.9 Å². The number of ether oxygens (including phenoxy) is 1. The highest BCUT2D eigenvalue weighted by Crippen LogP contribution is 2.39. The van der Waals surface area contributed by atoms with E-state index in [9.17, 15) is 18.0 Å². The predicted octanol–water partition coefficient (Wildman–Crippen LogP) is 4.07. The van der Waals surface area contributed by atoms with Gasteiger partial charge in [0.15, 0.2) is 5.82 Å². The van der Waals surface area contributed by atoms with Gasteiger partial charge in [-0.05, 0) is 44.1 Å². The SMILES string of the molecule is COC(=O)c1ccccc1S(=O)(=O)Nc1nc(=O)n2c(C)c(C)sc(SCCC(C)C)c1-2. The van der Waals surface area contributed by atoms with Crippen LogP contribution < -0.4 is 10.4 Å². The zero-order valence-corrected chi connectivity index (χ0v) is 20.9. The average molecular weight is 496 g/mol. The van der Waals surface area contributed by atoms with E-state index < -0.39 is 21.7 Å². The van der Waals surface area contributed by atoms with E-state index in [1.54, 1.807) is 24.8 Å². The van der Waals surface area contributed by atoms with Crippen molar-refractivity contribution in [2.75, 3.05) is 17.6 Å². The van der Waals surface area contributed by atoms with Crippen molar-refractivity contribution in [2.24, 2.45) is 5.92 Å². The first-order valence-electron chi connectivity index (χ1n) is 9.92. The quantitative estimate of drug-likeness (QED) is 0.371. The molecule has 0 aromatic heterocycles. The Bertz CT molecular complexity index is 1280. The summed E-state index contributed by atoms with van der Waals surface area (Å²) in [5.74, 6) is 0.510. The second kappa shape index (κ2) is 9.63. The molecular formula is C21H25N3O5S3. The first-order valence-corrected chi connectivity index (χ1v) is 13.2. The van der Waals surface area contributed by atoms with E-state index in [-0.39, 0.29) is 16.3 Å². The summed E-state index contributed by atoms with van der Waals surface area (Å²) in [6.07, 6.45) is 0.975. The summed E-state index contributed by atoms with van der Waals surface area (Å²) in [5.41, 5.74) is 0.472. The molecule has 3 rings (SSSR count). The summed E-state index contributed by atoms with van der Waals surface area (Å²) >= 11 is 3.07. The minimum Gasteiger partial charge on any atom is -0.465 e. The molecule has 0 fully saturated rings. The third-order valence-electron chi connectivity index (χ3n) is 4.87. The standard InChI is InChI=1S/C21H25N3O5S3/c1-12(2)10-11-30-20-17-18(22-21(26)24(17)13(3)14(4)31-20)23-32(27,28)16-9-7-6-8-15(16)19(25)29-5/h6-9,12H,10-11H2,1-5H3,(H,22,23,26). The van der Waals surface area contributed by atoms with Gasteiger partial charge in [0.25, 0.3) is 10.0 Å². The highest BCUT2D eigenvalue weighted by Gasteiger charge is 2.29. The number of sulfonamides is 1. The molecule has 0 unspecified atom stereocenters. The number of aromatic nitrogens is 2. The molecule has 2 heterocycles. The van der Waals surface area contributed by atoms with Gasteiger partial charge in [0.05, 0.1) is 16.9 Å². The number of hydrogen-bond donors (Lipinski definition) is 1. The van der Waals surface area contributed by atoms with Crippen LogP contribution in [-0.2, 0) is 14.8 Å². The summed E-state index contributed by atoms with van der Waals surface area (Å²) in [6.45, 7) is 7.98. The zero-order valence-electron chi connectivity index (χ0n) is 18.5. The number of thioether (sulfide) groups is 1. The van der Waals surface area contributed by atoms with Crippen molar-refractivity contribution < 1.29 is 17.9 Å². The Morgan fingerprint density at radius 3 is 2.62 bits per heavy atom. The number of carbonyl (C=O) groups is 1. The molecule has 1 aromatic carbocycles. The first-order chi connectivity index (χ1) is 15.1. The minimum absolute atomic E-state index is 0.0546. The summed E-state index contributed by atoms with van der Waals surface area (Å²) in [7, 11) is -3.04. The topological polar surface area (TPSA) is 107 Å². The van der Waals surface area contributed by atoms with E-state index in [0.29, 0.717) is 17.3 Å². The lowest BCUT2D eigenvalue weighted by atomic mass is 10.2. The molecule has 1 N–H and O–H groups in total. The van der Waals surface area contributed by atoms with Gasteiger partial charge in [-0.15, -0.1) is 23.1 Å². The van der Waals surface area contributed by atoms with Gasteiger partial charge in [-0.1, -0.05) is 26.0 Å². The maximum atomic E-state index is 13.2. The van der Waals surface area contributed by atoms with Crippen LogP contribution in [0.3, 0.4) is 0 Å². The van der Waals surface area contributed by atoms with Gasteiger partial charge < -0.3 is 4.74 Å². The Labute approximate surface area is 195 Å². The van der Waals surface area contributed by atoms with Crippen molar-refractivity contribution in [3.63, 3.8) is 0 Å². The summed E-state index contributed by atoms with van der Waals surface area (Å²) < 4.78 is 35.8. The fourth-order valence-electron chi connectivity index (χ4n) is 3.04. The predicted molar refractivity (Wildman–Crippen MR) is 127 cm³/mol. The number of benzene rings is 1. The maximum Gasteiger partial charge on any atom is 0.354 e. The van der Waals surface area contributed by atoms with Crippen molar-refractivity contribution in [3.05, 3.63) is 50.9 Å². The van der Waals surface area contributed by atoms with Crippen LogP contribution in [0.2, 0.25) is 0 Å². The molecule has 2 aliphatic rings. The Balaban J connectivity index is 2.10. The molecule has 0 aliphatic carbocycles. The lowest BCUT2D eigenvalue weighted by Crippen LogP contribution is -2.18. The van der Waals surface area contributed by atoms with Gasteiger partial charge >= 0.3 is 11.7 Å². The lowest BCUT2D eigenvalue weighted by Gasteiger charge is -2.16. The second-order valence-electron chi connectivity index (χ2n) is 7.58. The number of imidazole rings is 1. The fourth-order valence-corrected chi connectivity index (χ4v) is 7.00. The minimum atomic E-state index is -4.22. The van der Waals surface area contributed by atoms with Crippen LogP contribution in [0.25, 0.3) is 5.69 Å². The monoisotopic (exact) mass is 495 g/mol. The number of rotatable bonds is 8. The second-order valence-corrected chi connectivity index (χ2v) is 11.8. The Morgan fingerprint density at radius 2 is 1.97 bits per heavy atom. The van der Waals surface area contributed by atoms with Crippen LogP contribution >= 0.6 is 23.1 Å². The fraction of sp³-hybridized carbons (Fsp3) is 0.381. The average Bonchev–Trinajstić information content (AvgIpc) is 3.06. The molecular weight excluding hydrogens is 470 g/mol. The van der Waals surface area contributed by atoms with Gasteiger partial charge in [-0.3, -0.25) is 9.29 Å². The van der Waals surface area contributed by atoms with Crippen LogP contribution in [0.5, 0.6) is 0 Å². The summed E-state index contributed by atoms with van der Waals surface area (Å²) in [6, 6.07) is 5.73. The van der Waals surface area contributed by atoms with Gasteiger partial charge in [0.2, 0.25) is 0 Å². The van der Waals surface area contributed by atoms with E-state index in [1.807, 2.05) is 6.92 Å². The molecule has 11 heteroatoms. The maximum absolute atomic E-state index is 13.2. The third-order valence-corrected chi connectivity index (χ3v) is 8.75. The van der Waals surface area contributed by atoms with Crippen molar-refractivity contribution in [3.8, 4) is 5.69 Å². The van der Waals surface area contributed by atoms with Crippen molar-refractivity contribution in [2.45, 2.75) is 43.2 Å². The van der Waals surface area contributed by atoms with E-state index >= 15 is 0 Å². The molecule has 8 nitrogen and oxygen atoms in total. The number of nitrogens with zero attached hydrogens (tertiary/aromatic N) is 2. The number of aryl methyl sites for hydroxylation is 1. The molecule has 0 amide bonds. The summed E-state index contributed by atoms with van der Waals surface area (Å²) in [4.78, 5) is 29.5. The van der Waals surface area contributed by atoms with Crippen molar-refractivity contribution in [1.29, 1.82) is 0 Å².